The highest BCUT2D eigenvalue weighted by atomic mass is 35.5. The van der Waals surface area contributed by atoms with E-state index < -0.39 is 32.4 Å². The molecule has 24 heavy (non-hydrogen) atoms. The highest BCUT2D eigenvalue weighted by Gasteiger charge is 2.37. The molecule has 136 valence electrons. The molecule has 1 N–H and O–H groups in total. The average molecular weight is 386 g/mol. The lowest BCUT2D eigenvalue weighted by Crippen LogP contribution is -2.49. The first-order valence-electron chi connectivity index (χ1n) is 7.49. The molecule has 2 aliphatic heterocycles. The first-order chi connectivity index (χ1) is 10.9. The minimum atomic E-state index is -4.17. The van der Waals surface area contributed by atoms with Crippen LogP contribution < -0.4 is 5.32 Å². The van der Waals surface area contributed by atoms with E-state index in [0.29, 0.717) is 12.5 Å². The second-order valence-corrected chi connectivity index (χ2v) is 7.67. The second kappa shape index (κ2) is 7.57. The molecule has 0 amide bonds. The van der Waals surface area contributed by atoms with Gasteiger partial charge in [0.25, 0.3) is 0 Å². The molecular weight excluding hydrogens is 367 g/mol. The van der Waals surface area contributed by atoms with Crippen molar-refractivity contribution in [2.45, 2.75) is 17.4 Å². The highest BCUT2D eigenvalue weighted by Crippen LogP contribution is 2.27. The number of nitrogens with zero attached hydrogens (tertiary/aromatic N) is 2. The predicted molar refractivity (Wildman–Crippen MR) is 85.2 cm³/mol. The molecule has 2 fully saturated rings. The van der Waals surface area contributed by atoms with Gasteiger partial charge in [0.1, 0.15) is 4.90 Å². The van der Waals surface area contributed by atoms with Crippen molar-refractivity contribution in [1.29, 1.82) is 0 Å². The SMILES string of the molecule is Cl.O=S(=O)(c1ccc(F)c(F)c1F)N1CCC(N2CCNCC2)C1. The number of sulfonamides is 1. The summed E-state index contributed by atoms with van der Waals surface area (Å²) < 4.78 is 66.3. The van der Waals surface area contributed by atoms with Crippen molar-refractivity contribution in [2.24, 2.45) is 0 Å². The van der Waals surface area contributed by atoms with Crippen molar-refractivity contribution in [2.75, 3.05) is 39.3 Å². The highest BCUT2D eigenvalue weighted by molar-refractivity contribution is 7.89. The zero-order valence-corrected chi connectivity index (χ0v) is 14.5. The van der Waals surface area contributed by atoms with E-state index in [1.54, 1.807) is 0 Å². The topological polar surface area (TPSA) is 52.7 Å². The van der Waals surface area contributed by atoms with Crippen molar-refractivity contribution in [1.82, 2.24) is 14.5 Å². The van der Waals surface area contributed by atoms with E-state index in [9.17, 15) is 21.6 Å². The molecule has 2 saturated heterocycles. The molecule has 5 nitrogen and oxygen atoms in total. The fraction of sp³-hybridized carbons (Fsp3) is 0.571. The van der Waals surface area contributed by atoms with Gasteiger partial charge in [0.2, 0.25) is 10.0 Å². The van der Waals surface area contributed by atoms with Gasteiger partial charge in [-0.05, 0) is 18.6 Å². The minimum Gasteiger partial charge on any atom is -0.314 e. The zero-order valence-electron chi connectivity index (χ0n) is 12.8. The summed E-state index contributed by atoms with van der Waals surface area (Å²) in [6, 6.07) is 1.48. The summed E-state index contributed by atoms with van der Waals surface area (Å²) in [5.74, 6) is -4.82. The number of benzene rings is 1. The molecule has 1 unspecified atom stereocenters. The van der Waals surface area contributed by atoms with Crippen molar-refractivity contribution in [3.05, 3.63) is 29.6 Å². The van der Waals surface area contributed by atoms with Crippen LogP contribution in [0.15, 0.2) is 17.0 Å². The first-order valence-corrected chi connectivity index (χ1v) is 8.93. The van der Waals surface area contributed by atoms with Gasteiger partial charge in [-0.25, -0.2) is 21.6 Å². The largest absolute Gasteiger partial charge is 0.314 e. The number of piperazine rings is 1. The van der Waals surface area contributed by atoms with E-state index in [0.717, 1.165) is 36.6 Å². The summed E-state index contributed by atoms with van der Waals surface area (Å²) in [6.45, 7) is 3.84. The van der Waals surface area contributed by atoms with Gasteiger partial charge in [-0.3, -0.25) is 4.90 Å². The van der Waals surface area contributed by atoms with E-state index in [-0.39, 0.29) is 31.5 Å². The van der Waals surface area contributed by atoms with Crippen LogP contribution in [0, 0.1) is 17.5 Å². The summed E-state index contributed by atoms with van der Waals surface area (Å²) in [7, 11) is -4.17. The predicted octanol–water partition coefficient (Wildman–Crippen LogP) is 1.19. The molecule has 0 aliphatic carbocycles. The fourth-order valence-electron chi connectivity index (χ4n) is 3.12. The van der Waals surface area contributed by atoms with Crippen molar-refractivity contribution >= 4 is 22.4 Å². The average Bonchev–Trinajstić information content (AvgIpc) is 3.04. The molecule has 3 rings (SSSR count). The molecule has 2 heterocycles. The maximum Gasteiger partial charge on any atom is 0.246 e. The van der Waals surface area contributed by atoms with Crippen molar-refractivity contribution in [3.8, 4) is 0 Å². The number of nitrogens with one attached hydrogen (secondary N) is 1. The van der Waals surface area contributed by atoms with Crippen molar-refractivity contribution in [3.63, 3.8) is 0 Å². The van der Waals surface area contributed by atoms with Crippen LogP contribution in [0.4, 0.5) is 13.2 Å². The molecular formula is C14H19ClF3N3O2S. The van der Waals surface area contributed by atoms with Crippen LogP contribution in [0.25, 0.3) is 0 Å². The summed E-state index contributed by atoms with van der Waals surface area (Å²) in [5, 5.41) is 3.22. The summed E-state index contributed by atoms with van der Waals surface area (Å²) >= 11 is 0. The summed E-state index contributed by atoms with van der Waals surface area (Å²) in [4.78, 5) is 1.39. The Morgan fingerprint density at radius 1 is 1.04 bits per heavy atom. The number of rotatable bonds is 3. The van der Waals surface area contributed by atoms with E-state index in [2.05, 4.69) is 10.2 Å². The van der Waals surface area contributed by atoms with E-state index >= 15 is 0 Å². The van der Waals surface area contributed by atoms with Crippen LogP contribution in [-0.2, 0) is 10.0 Å². The Labute approximate surface area is 145 Å². The van der Waals surface area contributed by atoms with Crippen LogP contribution in [0.1, 0.15) is 6.42 Å². The Morgan fingerprint density at radius 3 is 2.38 bits per heavy atom. The third-order valence-electron chi connectivity index (χ3n) is 4.41. The second-order valence-electron chi connectivity index (χ2n) is 5.77. The lowest BCUT2D eigenvalue weighted by molar-refractivity contribution is 0.179. The van der Waals surface area contributed by atoms with Crippen LogP contribution in [-0.4, -0.2) is 62.9 Å². The Bertz CT molecular complexity index is 699. The van der Waals surface area contributed by atoms with Gasteiger partial charge in [0.05, 0.1) is 0 Å². The normalized spacial score (nSPS) is 23.2. The number of hydrogen-bond donors (Lipinski definition) is 1. The molecule has 0 radical (unpaired) electrons. The molecule has 0 spiro atoms. The molecule has 0 aromatic heterocycles. The number of hydrogen-bond acceptors (Lipinski definition) is 4. The fourth-order valence-corrected chi connectivity index (χ4v) is 4.67. The van der Waals surface area contributed by atoms with E-state index in [1.165, 1.54) is 0 Å². The number of halogens is 4. The quantitative estimate of drug-likeness (QED) is 0.794. The molecule has 1 aromatic rings. The minimum absolute atomic E-state index is 0. The van der Waals surface area contributed by atoms with Crippen LogP contribution in [0.5, 0.6) is 0 Å². The van der Waals surface area contributed by atoms with Gasteiger partial charge < -0.3 is 5.32 Å². The lowest BCUT2D eigenvalue weighted by atomic mass is 10.2. The molecule has 10 heteroatoms. The first kappa shape index (κ1) is 19.5. The van der Waals surface area contributed by atoms with Gasteiger partial charge in [0, 0.05) is 45.3 Å². The molecule has 1 atom stereocenters. The maximum absolute atomic E-state index is 13.8. The molecule has 0 saturated carbocycles. The van der Waals surface area contributed by atoms with Gasteiger partial charge in [0.15, 0.2) is 17.5 Å². The third kappa shape index (κ3) is 3.55. The van der Waals surface area contributed by atoms with Gasteiger partial charge in [-0.15, -0.1) is 12.4 Å². The zero-order chi connectivity index (χ0) is 16.6. The van der Waals surface area contributed by atoms with Gasteiger partial charge >= 0.3 is 0 Å². The molecule has 2 aliphatic rings. The van der Waals surface area contributed by atoms with Crippen LogP contribution >= 0.6 is 12.4 Å². The Kier molecular flexibility index (Phi) is 6.14. The van der Waals surface area contributed by atoms with Gasteiger partial charge in [-0.1, -0.05) is 0 Å². The molecule has 0 bridgehead atoms. The van der Waals surface area contributed by atoms with Crippen LogP contribution in [0.2, 0.25) is 0 Å². The smallest absolute Gasteiger partial charge is 0.246 e. The Balaban J connectivity index is 0.00000208. The Hall–Kier alpha value is -0.870. The van der Waals surface area contributed by atoms with Gasteiger partial charge in [-0.2, -0.15) is 4.31 Å². The standard InChI is InChI=1S/C14H18F3N3O2S.ClH/c15-11-1-2-12(14(17)13(11)16)23(21,22)20-6-3-10(9-20)19-7-4-18-5-8-19;/h1-2,10,18H,3-9H2;1H. The summed E-state index contributed by atoms with van der Waals surface area (Å²) in [6.07, 6.45) is 0.643. The maximum atomic E-state index is 13.8. The third-order valence-corrected chi connectivity index (χ3v) is 6.29. The molecule has 1 aromatic carbocycles. The lowest BCUT2D eigenvalue weighted by Gasteiger charge is -2.32. The van der Waals surface area contributed by atoms with E-state index in [1.807, 2.05) is 0 Å². The van der Waals surface area contributed by atoms with E-state index in [4.69, 9.17) is 0 Å². The monoisotopic (exact) mass is 385 g/mol. The van der Waals surface area contributed by atoms with Crippen molar-refractivity contribution < 1.29 is 21.6 Å². The Morgan fingerprint density at radius 2 is 1.71 bits per heavy atom. The summed E-state index contributed by atoms with van der Waals surface area (Å²) in [5.41, 5.74) is 0. The van der Waals surface area contributed by atoms with Crippen LogP contribution in [0.3, 0.4) is 0 Å².